The number of hydrogen-bond acceptors (Lipinski definition) is 2. The van der Waals surface area contributed by atoms with Crippen molar-refractivity contribution in [3.63, 3.8) is 0 Å². The van der Waals surface area contributed by atoms with Gasteiger partial charge in [-0.2, -0.15) is 0 Å². The van der Waals surface area contributed by atoms with Crippen molar-refractivity contribution in [3.8, 4) is 0 Å². The average molecular weight is 194 g/mol. The highest BCUT2D eigenvalue weighted by Gasteiger charge is 2.57. The van der Waals surface area contributed by atoms with E-state index in [1.807, 2.05) is 0 Å². The van der Waals surface area contributed by atoms with Crippen LogP contribution in [0, 0.1) is 17.2 Å². The van der Waals surface area contributed by atoms with E-state index >= 15 is 0 Å². The fraction of sp³-hybridized carbons (Fsp3) is 0.545. The van der Waals surface area contributed by atoms with Crippen LogP contribution in [-0.4, -0.2) is 11.5 Å². The van der Waals surface area contributed by atoms with Crippen molar-refractivity contribution >= 4 is 0 Å². The number of pyridine rings is 1. The molecule has 2 rings (SSSR count). The molecule has 2 unspecified atom stereocenters. The minimum absolute atomic E-state index is 0.199. The zero-order valence-corrected chi connectivity index (χ0v) is 8.50. The first-order chi connectivity index (χ1) is 6.57. The molecule has 0 spiro atoms. The maximum atomic E-state index is 12.9. The molecule has 76 valence electrons. The number of rotatable bonds is 2. The van der Waals surface area contributed by atoms with E-state index in [-0.39, 0.29) is 11.2 Å². The van der Waals surface area contributed by atoms with Gasteiger partial charge in [0.1, 0.15) is 5.82 Å². The highest BCUT2D eigenvalue weighted by Crippen LogP contribution is 2.63. The van der Waals surface area contributed by atoms with E-state index in [0.717, 1.165) is 5.56 Å². The Bertz CT molecular complexity index is 349. The summed E-state index contributed by atoms with van der Waals surface area (Å²) in [5.74, 6) is 0.572. The number of aromatic nitrogens is 1. The standard InChI is InChI=1S/C11H15FN2/c1-11(2)9(4-13)10(11)7-3-8(12)6-14-5-7/h3,5-6,9-10H,4,13H2,1-2H3. The van der Waals surface area contributed by atoms with E-state index in [0.29, 0.717) is 18.4 Å². The lowest BCUT2D eigenvalue weighted by Crippen LogP contribution is -2.05. The van der Waals surface area contributed by atoms with Crippen molar-refractivity contribution in [3.05, 3.63) is 29.8 Å². The molecule has 1 fully saturated rings. The molecule has 1 aromatic heterocycles. The smallest absolute Gasteiger partial charge is 0.141 e. The molecule has 0 saturated heterocycles. The number of nitrogens with zero attached hydrogens (tertiary/aromatic N) is 1. The van der Waals surface area contributed by atoms with E-state index in [9.17, 15) is 4.39 Å². The van der Waals surface area contributed by atoms with Gasteiger partial charge in [-0.1, -0.05) is 13.8 Å². The van der Waals surface area contributed by atoms with Gasteiger partial charge in [-0.15, -0.1) is 0 Å². The fourth-order valence-electron chi connectivity index (χ4n) is 2.44. The molecule has 0 amide bonds. The van der Waals surface area contributed by atoms with Crippen LogP contribution in [0.1, 0.15) is 25.3 Å². The quantitative estimate of drug-likeness (QED) is 0.781. The summed E-state index contributed by atoms with van der Waals surface area (Å²) in [6.07, 6.45) is 2.97. The minimum Gasteiger partial charge on any atom is -0.330 e. The van der Waals surface area contributed by atoms with Gasteiger partial charge in [0.2, 0.25) is 0 Å². The van der Waals surface area contributed by atoms with Gasteiger partial charge >= 0.3 is 0 Å². The largest absolute Gasteiger partial charge is 0.330 e. The molecule has 0 aliphatic heterocycles. The second kappa shape index (κ2) is 3.02. The Labute approximate surface area is 83.3 Å². The predicted molar refractivity (Wildman–Crippen MR) is 53.3 cm³/mol. The fourth-order valence-corrected chi connectivity index (χ4v) is 2.44. The Hall–Kier alpha value is -0.960. The summed E-state index contributed by atoms with van der Waals surface area (Å²) < 4.78 is 12.9. The van der Waals surface area contributed by atoms with Gasteiger partial charge in [-0.3, -0.25) is 4.98 Å². The Morgan fingerprint density at radius 3 is 2.71 bits per heavy atom. The zero-order chi connectivity index (χ0) is 10.3. The molecule has 14 heavy (non-hydrogen) atoms. The molecule has 2 atom stereocenters. The van der Waals surface area contributed by atoms with Crippen LogP contribution in [0.3, 0.4) is 0 Å². The Morgan fingerprint density at radius 1 is 1.50 bits per heavy atom. The minimum atomic E-state index is -0.263. The van der Waals surface area contributed by atoms with Gasteiger partial charge in [-0.25, -0.2) is 4.39 Å². The van der Waals surface area contributed by atoms with Crippen molar-refractivity contribution in [1.29, 1.82) is 0 Å². The summed E-state index contributed by atoms with van der Waals surface area (Å²) in [5, 5.41) is 0. The van der Waals surface area contributed by atoms with Crippen molar-refractivity contribution < 1.29 is 4.39 Å². The SMILES string of the molecule is CC1(C)C(CN)C1c1cncc(F)c1. The first kappa shape index (κ1) is 9.59. The maximum Gasteiger partial charge on any atom is 0.141 e. The van der Waals surface area contributed by atoms with Crippen LogP contribution in [0.5, 0.6) is 0 Å². The van der Waals surface area contributed by atoms with E-state index in [2.05, 4.69) is 18.8 Å². The molecule has 0 radical (unpaired) electrons. The molecule has 2 N–H and O–H groups in total. The first-order valence-corrected chi connectivity index (χ1v) is 4.88. The first-order valence-electron chi connectivity index (χ1n) is 4.88. The maximum absolute atomic E-state index is 12.9. The third-order valence-electron chi connectivity index (χ3n) is 3.39. The number of nitrogens with two attached hydrogens (primary N) is 1. The van der Waals surface area contributed by atoms with E-state index in [1.54, 1.807) is 12.3 Å². The van der Waals surface area contributed by atoms with Gasteiger partial charge in [0.25, 0.3) is 0 Å². The third kappa shape index (κ3) is 1.32. The topological polar surface area (TPSA) is 38.9 Å². The van der Waals surface area contributed by atoms with Crippen molar-refractivity contribution in [2.45, 2.75) is 19.8 Å². The van der Waals surface area contributed by atoms with Gasteiger partial charge in [0, 0.05) is 6.20 Å². The van der Waals surface area contributed by atoms with Crippen LogP contribution in [0.2, 0.25) is 0 Å². The van der Waals surface area contributed by atoms with Crippen LogP contribution in [0.15, 0.2) is 18.5 Å². The molecule has 2 nitrogen and oxygen atoms in total. The van der Waals surface area contributed by atoms with Crippen LogP contribution in [0.4, 0.5) is 4.39 Å². The molecule has 0 aromatic carbocycles. The van der Waals surface area contributed by atoms with Crippen LogP contribution < -0.4 is 5.73 Å². The lowest BCUT2D eigenvalue weighted by Gasteiger charge is -2.01. The van der Waals surface area contributed by atoms with E-state index in [4.69, 9.17) is 5.73 Å². The van der Waals surface area contributed by atoms with Crippen molar-refractivity contribution in [2.24, 2.45) is 17.1 Å². The van der Waals surface area contributed by atoms with Crippen molar-refractivity contribution in [2.75, 3.05) is 6.54 Å². The van der Waals surface area contributed by atoms with Crippen LogP contribution in [-0.2, 0) is 0 Å². The number of hydrogen-bond donors (Lipinski definition) is 1. The molecule has 1 heterocycles. The molecule has 1 saturated carbocycles. The molecule has 1 aliphatic carbocycles. The normalized spacial score (nSPS) is 28.9. The molecule has 1 aliphatic rings. The van der Waals surface area contributed by atoms with Crippen LogP contribution in [0.25, 0.3) is 0 Å². The van der Waals surface area contributed by atoms with Gasteiger partial charge in [-0.05, 0) is 35.4 Å². The summed E-state index contributed by atoms with van der Waals surface area (Å²) in [4.78, 5) is 3.86. The average Bonchev–Trinajstić information content (AvgIpc) is 2.68. The summed E-state index contributed by atoms with van der Waals surface area (Å²) >= 11 is 0. The molecule has 1 aromatic rings. The summed E-state index contributed by atoms with van der Waals surface area (Å²) in [5.41, 5.74) is 6.84. The molecule has 3 heteroatoms. The second-order valence-corrected chi connectivity index (χ2v) is 4.58. The lowest BCUT2D eigenvalue weighted by atomic mass is 10.1. The number of halogens is 1. The lowest BCUT2D eigenvalue weighted by molar-refractivity contribution is 0.557. The zero-order valence-electron chi connectivity index (χ0n) is 8.50. The Balaban J connectivity index is 2.26. The Kier molecular flexibility index (Phi) is 2.07. The molecular weight excluding hydrogens is 179 g/mol. The highest BCUT2D eigenvalue weighted by atomic mass is 19.1. The highest BCUT2D eigenvalue weighted by molar-refractivity contribution is 5.29. The van der Waals surface area contributed by atoms with Crippen LogP contribution >= 0.6 is 0 Å². The summed E-state index contributed by atoms with van der Waals surface area (Å²) in [6, 6.07) is 1.56. The second-order valence-electron chi connectivity index (χ2n) is 4.58. The summed E-state index contributed by atoms with van der Waals surface area (Å²) in [6.45, 7) is 4.99. The van der Waals surface area contributed by atoms with Gasteiger partial charge in [0.05, 0.1) is 6.20 Å². The monoisotopic (exact) mass is 194 g/mol. The molecular formula is C11H15FN2. The Morgan fingerprint density at radius 2 is 2.21 bits per heavy atom. The van der Waals surface area contributed by atoms with Gasteiger partial charge < -0.3 is 5.73 Å². The molecule has 0 bridgehead atoms. The van der Waals surface area contributed by atoms with Gasteiger partial charge in [0.15, 0.2) is 0 Å². The third-order valence-corrected chi connectivity index (χ3v) is 3.39. The van der Waals surface area contributed by atoms with E-state index in [1.165, 1.54) is 6.20 Å². The van der Waals surface area contributed by atoms with E-state index < -0.39 is 0 Å². The summed E-state index contributed by atoms with van der Waals surface area (Å²) in [7, 11) is 0. The van der Waals surface area contributed by atoms with Crippen molar-refractivity contribution in [1.82, 2.24) is 4.98 Å². The predicted octanol–water partition coefficient (Wildman–Crippen LogP) is 1.92.